The van der Waals surface area contributed by atoms with Crippen molar-refractivity contribution in [1.29, 1.82) is 0 Å². The largest absolute Gasteiger partial charge is 0.496 e. The lowest BCUT2D eigenvalue weighted by molar-refractivity contribution is 0.305. The first-order valence-electron chi connectivity index (χ1n) is 2.65. The normalized spacial score (nSPS) is 10.0. The second-order valence-corrected chi connectivity index (χ2v) is 1.43. The van der Waals surface area contributed by atoms with Gasteiger partial charge in [-0.25, -0.2) is 0 Å². The summed E-state index contributed by atoms with van der Waals surface area (Å²) in [7, 11) is 1.52. The molecule has 0 aromatic carbocycles. The number of rotatable bonds is 4. The van der Waals surface area contributed by atoms with Crippen molar-refractivity contribution in [2.24, 2.45) is 4.99 Å². The second kappa shape index (κ2) is 5.31. The van der Waals surface area contributed by atoms with Crippen molar-refractivity contribution in [2.45, 2.75) is 0 Å². The minimum atomic E-state index is 0.0630. The maximum absolute atomic E-state index is 8.27. The van der Waals surface area contributed by atoms with E-state index in [0.29, 0.717) is 12.3 Å². The molecule has 0 spiro atoms. The molecule has 0 fully saturated rings. The van der Waals surface area contributed by atoms with Gasteiger partial charge in [-0.3, -0.25) is 4.99 Å². The molecular weight excluding hydrogens is 118 g/mol. The van der Waals surface area contributed by atoms with Crippen LogP contribution in [0.1, 0.15) is 0 Å². The van der Waals surface area contributed by atoms with E-state index in [1.54, 1.807) is 0 Å². The lowest BCUT2D eigenvalue weighted by Gasteiger charge is -1.93. The molecule has 0 bridgehead atoms. The predicted octanol–water partition coefficient (Wildman–Crippen LogP) is 0.210. The molecule has 3 nitrogen and oxygen atoms in total. The van der Waals surface area contributed by atoms with Crippen LogP contribution in [0.2, 0.25) is 0 Å². The molecule has 0 aliphatic heterocycles. The van der Waals surface area contributed by atoms with Gasteiger partial charge in [-0.1, -0.05) is 6.58 Å². The molecule has 0 amide bonds. The molecule has 0 aromatic heterocycles. The predicted molar refractivity (Wildman–Crippen MR) is 36.6 cm³/mol. The standard InChI is InChI=1S/C6H11NO2/c1-6(9-2)5-7-3-4-8/h5,8H,1,3-4H2,2H3. The van der Waals surface area contributed by atoms with E-state index in [2.05, 4.69) is 16.3 Å². The second-order valence-electron chi connectivity index (χ2n) is 1.43. The first kappa shape index (κ1) is 8.17. The van der Waals surface area contributed by atoms with Crippen LogP contribution in [0.15, 0.2) is 17.3 Å². The van der Waals surface area contributed by atoms with Gasteiger partial charge >= 0.3 is 0 Å². The minimum absolute atomic E-state index is 0.0630. The lowest BCUT2D eigenvalue weighted by atomic mass is 10.6. The van der Waals surface area contributed by atoms with E-state index < -0.39 is 0 Å². The fraction of sp³-hybridized carbons (Fsp3) is 0.500. The fourth-order valence-electron chi connectivity index (χ4n) is 0.277. The molecule has 0 aromatic rings. The van der Waals surface area contributed by atoms with E-state index in [9.17, 15) is 0 Å². The Balaban J connectivity index is 3.32. The monoisotopic (exact) mass is 129 g/mol. The molecule has 0 aliphatic carbocycles. The third-order valence-electron chi connectivity index (χ3n) is 0.727. The Labute approximate surface area is 54.7 Å². The Bertz CT molecular complexity index is 110. The molecule has 0 aliphatic rings. The summed E-state index contributed by atoms with van der Waals surface area (Å²) >= 11 is 0. The van der Waals surface area contributed by atoms with E-state index in [1.807, 2.05) is 0 Å². The van der Waals surface area contributed by atoms with Crippen molar-refractivity contribution >= 4 is 6.21 Å². The summed E-state index contributed by atoms with van der Waals surface area (Å²) in [4.78, 5) is 3.76. The first-order valence-corrected chi connectivity index (χ1v) is 2.65. The highest BCUT2D eigenvalue weighted by molar-refractivity contribution is 5.74. The summed E-state index contributed by atoms with van der Waals surface area (Å²) in [5.74, 6) is 0.503. The minimum Gasteiger partial charge on any atom is -0.496 e. The summed E-state index contributed by atoms with van der Waals surface area (Å²) in [5.41, 5.74) is 0. The van der Waals surface area contributed by atoms with Gasteiger partial charge in [0.1, 0.15) is 5.76 Å². The molecule has 3 heteroatoms. The third kappa shape index (κ3) is 5.03. The summed E-state index contributed by atoms with van der Waals surface area (Å²) in [6, 6.07) is 0. The molecule has 1 N–H and O–H groups in total. The first-order chi connectivity index (χ1) is 4.31. The number of ether oxygens (including phenoxy) is 1. The fourth-order valence-corrected chi connectivity index (χ4v) is 0.277. The van der Waals surface area contributed by atoms with Gasteiger partial charge in [0.25, 0.3) is 0 Å². The van der Waals surface area contributed by atoms with E-state index in [0.717, 1.165) is 0 Å². The number of hydrogen-bond donors (Lipinski definition) is 1. The van der Waals surface area contributed by atoms with Gasteiger partial charge in [-0.05, 0) is 0 Å². The van der Waals surface area contributed by atoms with Crippen LogP contribution in [-0.4, -0.2) is 31.6 Å². The number of aliphatic hydroxyl groups excluding tert-OH is 1. The van der Waals surface area contributed by atoms with Crippen LogP contribution >= 0.6 is 0 Å². The number of nitrogens with zero attached hydrogens (tertiary/aromatic N) is 1. The molecule has 0 radical (unpaired) electrons. The van der Waals surface area contributed by atoms with Gasteiger partial charge in [0.15, 0.2) is 0 Å². The maximum atomic E-state index is 8.27. The molecule has 52 valence electrons. The number of aliphatic hydroxyl groups is 1. The van der Waals surface area contributed by atoms with Crippen LogP contribution in [0, 0.1) is 0 Å². The average Bonchev–Trinajstić information content (AvgIpc) is 1.89. The number of aliphatic imine (C=N–C) groups is 1. The zero-order valence-corrected chi connectivity index (χ0v) is 5.50. The van der Waals surface area contributed by atoms with Crippen LogP contribution < -0.4 is 0 Å². The van der Waals surface area contributed by atoms with Crippen molar-refractivity contribution in [1.82, 2.24) is 0 Å². The van der Waals surface area contributed by atoms with Gasteiger partial charge < -0.3 is 9.84 Å². The zero-order chi connectivity index (χ0) is 7.11. The van der Waals surface area contributed by atoms with Crippen molar-refractivity contribution in [3.05, 3.63) is 12.3 Å². The number of hydrogen-bond acceptors (Lipinski definition) is 3. The Kier molecular flexibility index (Phi) is 4.82. The lowest BCUT2D eigenvalue weighted by Crippen LogP contribution is -1.90. The topological polar surface area (TPSA) is 41.8 Å². The van der Waals surface area contributed by atoms with E-state index >= 15 is 0 Å². The van der Waals surface area contributed by atoms with Crippen molar-refractivity contribution < 1.29 is 9.84 Å². The number of methoxy groups -OCH3 is 1. The van der Waals surface area contributed by atoms with E-state index in [1.165, 1.54) is 13.3 Å². The summed E-state index contributed by atoms with van der Waals surface area (Å²) in [6.45, 7) is 3.96. The number of allylic oxidation sites excluding steroid dienone is 1. The Morgan fingerprint density at radius 3 is 3.00 bits per heavy atom. The molecule has 0 heterocycles. The highest BCUT2D eigenvalue weighted by Gasteiger charge is 1.80. The van der Waals surface area contributed by atoms with Gasteiger partial charge in [-0.15, -0.1) is 0 Å². The highest BCUT2D eigenvalue weighted by atomic mass is 16.5. The molecule has 0 rings (SSSR count). The highest BCUT2D eigenvalue weighted by Crippen LogP contribution is 1.82. The van der Waals surface area contributed by atoms with Crippen LogP contribution in [-0.2, 0) is 4.74 Å². The molecule has 0 saturated carbocycles. The Morgan fingerprint density at radius 1 is 1.89 bits per heavy atom. The van der Waals surface area contributed by atoms with Gasteiger partial charge in [-0.2, -0.15) is 0 Å². The van der Waals surface area contributed by atoms with Crippen molar-refractivity contribution in [3.8, 4) is 0 Å². The molecule has 0 unspecified atom stereocenters. The SMILES string of the molecule is C=C(C=NCCO)OC. The van der Waals surface area contributed by atoms with E-state index in [4.69, 9.17) is 5.11 Å². The smallest absolute Gasteiger partial charge is 0.129 e. The quantitative estimate of drug-likeness (QED) is 0.435. The van der Waals surface area contributed by atoms with Crippen molar-refractivity contribution in [3.63, 3.8) is 0 Å². The molecule has 0 atom stereocenters. The summed E-state index contributed by atoms with van der Waals surface area (Å²) in [5, 5.41) is 8.27. The third-order valence-corrected chi connectivity index (χ3v) is 0.727. The Hall–Kier alpha value is -0.830. The van der Waals surface area contributed by atoms with Gasteiger partial charge in [0, 0.05) is 0 Å². The van der Waals surface area contributed by atoms with Crippen LogP contribution in [0.5, 0.6) is 0 Å². The van der Waals surface area contributed by atoms with Crippen LogP contribution in [0.25, 0.3) is 0 Å². The summed E-state index contributed by atoms with van der Waals surface area (Å²) in [6.07, 6.45) is 1.48. The van der Waals surface area contributed by atoms with E-state index in [-0.39, 0.29) is 6.61 Å². The van der Waals surface area contributed by atoms with Crippen LogP contribution in [0.4, 0.5) is 0 Å². The zero-order valence-electron chi connectivity index (χ0n) is 5.50. The van der Waals surface area contributed by atoms with Gasteiger partial charge in [0.05, 0.1) is 26.5 Å². The molecule has 0 saturated heterocycles. The van der Waals surface area contributed by atoms with Crippen LogP contribution in [0.3, 0.4) is 0 Å². The molecule has 9 heavy (non-hydrogen) atoms. The molecular formula is C6H11NO2. The average molecular weight is 129 g/mol. The Morgan fingerprint density at radius 2 is 2.56 bits per heavy atom. The van der Waals surface area contributed by atoms with Crippen molar-refractivity contribution in [2.75, 3.05) is 20.3 Å². The summed E-state index contributed by atoms with van der Waals surface area (Å²) < 4.78 is 4.67. The van der Waals surface area contributed by atoms with Gasteiger partial charge in [0.2, 0.25) is 0 Å². The maximum Gasteiger partial charge on any atom is 0.129 e.